The number of thiophene rings is 1. The number of fused-ring (bicyclic) bond motifs is 1. The molecule has 0 radical (unpaired) electrons. The second-order valence-electron chi connectivity index (χ2n) is 5.97. The fourth-order valence-corrected chi connectivity index (χ4v) is 3.43. The number of benzene rings is 1. The third-order valence-corrected chi connectivity index (χ3v) is 4.89. The van der Waals surface area contributed by atoms with Crippen LogP contribution >= 0.6 is 11.3 Å². The average molecular weight is 375 g/mol. The lowest BCUT2D eigenvalue weighted by Crippen LogP contribution is -2.28. The van der Waals surface area contributed by atoms with Crippen molar-refractivity contribution in [3.63, 3.8) is 0 Å². The highest BCUT2D eigenvalue weighted by Crippen LogP contribution is 2.16. The molecule has 3 aromatic heterocycles. The molecule has 1 amide bonds. The van der Waals surface area contributed by atoms with Gasteiger partial charge in [0.25, 0.3) is 0 Å². The van der Waals surface area contributed by atoms with Gasteiger partial charge >= 0.3 is 0 Å². The van der Waals surface area contributed by atoms with E-state index >= 15 is 0 Å². The molecular weight excluding hydrogens is 358 g/mol. The van der Waals surface area contributed by atoms with Gasteiger partial charge in [0.2, 0.25) is 5.91 Å². The number of hydrogen-bond acceptors (Lipinski definition) is 5. The molecule has 0 saturated carbocycles. The van der Waals surface area contributed by atoms with Crippen LogP contribution in [0.15, 0.2) is 76.9 Å². The van der Waals surface area contributed by atoms with Crippen LogP contribution in [0.4, 0.5) is 0 Å². The first kappa shape index (κ1) is 17.2. The molecule has 3 heterocycles. The van der Waals surface area contributed by atoms with Crippen molar-refractivity contribution in [3.05, 3.63) is 88.8 Å². The van der Waals surface area contributed by atoms with Crippen LogP contribution < -0.4 is 0 Å². The summed E-state index contributed by atoms with van der Waals surface area (Å²) in [6.07, 6.45) is 6.52. The molecule has 0 saturated heterocycles. The lowest BCUT2D eigenvalue weighted by molar-refractivity contribution is -0.127. The van der Waals surface area contributed by atoms with E-state index in [2.05, 4.69) is 9.97 Å². The van der Waals surface area contributed by atoms with E-state index in [1.807, 2.05) is 53.9 Å². The lowest BCUT2D eigenvalue weighted by Gasteiger charge is -2.19. The van der Waals surface area contributed by atoms with Crippen LogP contribution in [0.3, 0.4) is 0 Å². The van der Waals surface area contributed by atoms with Crippen molar-refractivity contribution in [2.24, 2.45) is 0 Å². The predicted molar refractivity (Wildman–Crippen MR) is 106 cm³/mol. The maximum Gasteiger partial charge on any atom is 0.247 e. The zero-order valence-corrected chi connectivity index (χ0v) is 15.3. The van der Waals surface area contributed by atoms with Crippen molar-refractivity contribution >= 4 is 34.4 Å². The molecule has 4 rings (SSSR count). The van der Waals surface area contributed by atoms with Gasteiger partial charge in [0.15, 0.2) is 0 Å². The Morgan fingerprint density at radius 1 is 1.07 bits per heavy atom. The Labute approximate surface area is 160 Å². The van der Waals surface area contributed by atoms with Crippen molar-refractivity contribution in [2.75, 3.05) is 0 Å². The van der Waals surface area contributed by atoms with Gasteiger partial charge in [0.05, 0.1) is 42.3 Å². The molecule has 0 aliphatic heterocycles. The van der Waals surface area contributed by atoms with Crippen LogP contribution in [0, 0.1) is 0 Å². The Balaban J connectivity index is 1.53. The molecule has 134 valence electrons. The molecule has 0 aliphatic rings. The van der Waals surface area contributed by atoms with E-state index in [0.717, 1.165) is 21.7 Å². The molecule has 0 fully saturated rings. The zero-order valence-electron chi connectivity index (χ0n) is 14.5. The highest BCUT2D eigenvalue weighted by atomic mass is 32.1. The molecule has 0 unspecified atom stereocenters. The number of para-hydroxylation sites is 2. The fourth-order valence-electron chi connectivity index (χ4n) is 2.71. The van der Waals surface area contributed by atoms with E-state index in [4.69, 9.17) is 4.42 Å². The largest absolute Gasteiger partial charge is 0.467 e. The third kappa shape index (κ3) is 4.30. The van der Waals surface area contributed by atoms with Crippen LogP contribution in [-0.2, 0) is 17.9 Å². The molecule has 5 nitrogen and oxygen atoms in total. The number of amides is 1. The minimum atomic E-state index is -0.102. The normalized spacial score (nSPS) is 11.3. The van der Waals surface area contributed by atoms with Gasteiger partial charge in [-0.15, -0.1) is 11.3 Å². The average Bonchev–Trinajstić information content (AvgIpc) is 3.39. The number of rotatable bonds is 6. The maximum absolute atomic E-state index is 12.8. The van der Waals surface area contributed by atoms with Gasteiger partial charge in [-0.05, 0) is 41.8 Å². The van der Waals surface area contributed by atoms with E-state index < -0.39 is 0 Å². The third-order valence-electron chi connectivity index (χ3n) is 4.03. The summed E-state index contributed by atoms with van der Waals surface area (Å²) in [6.45, 7) is 0.947. The standard InChI is InChI=1S/C21H17N3O2S/c25-21(10-9-16-13-22-19-7-1-2-8-20(19)23-16)24(14-17-5-3-11-26-17)15-18-6-4-12-27-18/h1-13H,14-15H2/b10-9+. The number of aromatic nitrogens is 2. The highest BCUT2D eigenvalue weighted by Gasteiger charge is 2.14. The summed E-state index contributed by atoms with van der Waals surface area (Å²) < 4.78 is 5.41. The van der Waals surface area contributed by atoms with Crippen molar-refractivity contribution in [1.29, 1.82) is 0 Å². The van der Waals surface area contributed by atoms with Crippen LogP contribution in [0.5, 0.6) is 0 Å². The fraction of sp³-hybridized carbons (Fsp3) is 0.0952. The first-order valence-electron chi connectivity index (χ1n) is 8.51. The molecule has 0 N–H and O–H groups in total. The Kier molecular flexibility index (Phi) is 5.07. The zero-order chi connectivity index (χ0) is 18.5. The van der Waals surface area contributed by atoms with Crippen LogP contribution in [0.25, 0.3) is 17.1 Å². The summed E-state index contributed by atoms with van der Waals surface area (Å²) in [6, 6.07) is 15.3. The SMILES string of the molecule is O=C(/C=C/c1cnc2ccccc2n1)N(Cc1ccco1)Cc1cccs1. The van der Waals surface area contributed by atoms with Gasteiger partial charge in [-0.3, -0.25) is 9.78 Å². The van der Waals surface area contributed by atoms with Gasteiger partial charge in [-0.2, -0.15) is 0 Å². The minimum Gasteiger partial charge on any atom is -0.467 e. The second kappa shape index (κ2) is 7.97. The topological polar surface area (TPSA) is 59.2 Å². The molecular formula is C21H17N3O2S. The summed E-state index contributed by atoms with van der Waals surface area (Å²) in [5.74, 6) is 0.647. The Hall–Kier alpha value is -3.25. The Morgan fingerprint density at radius 3 is 2.74 bits per heavy atom. The monoisotopic (exact) mass is 375 g/mol. The first-order valence-corrected chi connectivity index (χ1v) is 9.39. The maximum atomic E-state index is 12.8. The van der Waals surface area contributed by atoms with E-state index in [1.165, 1.54) is 6.08 Å². The minimum absolute atomic E-state index is 0.102. The van der Waals surface area contributed by atoms with E-state index in [9.17, 15) is 4.79 Å². The number of furan rings is 1. The van der Waals surface area contributed by atoms with Crippen molar-refractivity contribution in [3.8, 4) is 0 Å². The predicted octanol–water partition coefficient (Wildman–Crippen LogP) is 4.53. The van der Waals surface area contributed by atoms with Crippen molar-refractivity contribution in [2.45, 2.75) is 13.1 Å². The van der Waals surface area contributed by atoms with Crippen LogP contribution in [-0.4, -0.2) is 20.8 Å². The molecule has 0 bridgehead atoms. The van der Waals surface area contributed by atoms with E-state index in [1.54, 1.807) is 34.8 Å². The lowest BCUT2D eigenvalue weighted by atomic mass is 10.3. The summed E-state index contributed by atoms with van der Waals surface area (Å²) in [4.78, 5) is 24.5. The summed E-state index contributed by atoms with van der Waals surface area (Å²) >= 11 is 1.63. The molecule has 27 heavy (non-hydrogen) atoms. The van der Waals surface area contributed by atoms with Crippen LogP contribution in [0.1, 0.15) is 16.3 Å². The first-order chi connectivity index (χ1) is 13.3. The van der Waals surface area contributed by atoms with Crippen molar-refractivity contribution < 1.29 is 9.21 Å². The second-order valence-corrected chi connectivity index (χ2v) is 7.00. The molecule has 6 heteroatoms. The van der Waals surface area contributed by atoms with Gasteiger partial charge in [0.1, 0.15) is 5.76 Å². The van der Waals surface area contributed by atoms with E-state index in [-0.39, 0.29) is 5.91 Å². The molecule has 4 aromatic rings. The Bertz CT molecular complexity index is 1020. The Morgan fingerprint density at radius 2 is 1.96 bits per heavy atom. The van der Waals surface area contributed by atoms with Crippen LogP contribution in [0.2, 0.25) is 0 Å². The summed E-state index contributed by atoms with van der Waals surface area (Å²) in [5, 5.41) is 2.01. The quantitative estimate of drug-likeness (QED) is 0.465. The number of carbonyl (C=O) groups excluding carboxylic acids is 1. The molecule has 0 spiro atoms. The number of hydrogen-bond donors (Lipinski definition) is 0. The van der Waals surface area contributed by atoms with Crippen molar-refractivity contribution in [1.82, 2.24) is 14.9 Å². The van der Waals surface area contributed by atoms with Gasteiger partial charge in [-0.25, -0.2) is 4.98 Å². The van der Waals surface area contributed by atoms with Gasteiger partial charge in [-0.1, -0.05) is 18.2 Å². The molecule has 0 aliphatic carbocycles. The number of carbonyl (C=O) groups is 1. The highest BCUT2D eigenvalue weighted by molar-refractivity contribution is 7.09. The summed E-state index contributed by atoms with van der Waals surface area (Å²) in [7, 11) is 0. The van der Waals surface area contributed by atoms with E-state index in [0.29, 0.717) is 18.8 Å². The molecule has 1 aromatic carbocycles. The molecule has 0 atom stereocenters. The summed E-state index contributed by atoms with van der Waals surface area (Å²) in [5.41, 5.74) is 2.28. The smallest absolute Gasteiger partial charge is 0.247 e. The van der Waals surface area contributed by atoms with Gasteiger partial charge in [0, 0.05) is 11.0 Å². The van der Waals surface area contributed by atoms with Gasteiger partial charge < -0.3 is 9.32 Å². The number of nitrogens with zero attached hydrogens (tertiary/aromatic N) is 3.